The van der Waals surface area contributed by atoms with E-state index in [1.807, 2.05) is 26.2 Å². The van der Waals surface area contributed by atoms with E-state index in [-0.39, 0.29) is 11.8 Å². The molecule has 4 aromatic rings. The quantitative estimate of drug-likeness (QED) is 0.409. The van der Waals surface area contributed by atoms with Crippen LogP contribution >= 0.6 is 0 Å². The lowest BCUT2D eigenvalue weighted by atomic mass is 9.99. The molecular weight excluding hydrogens is 431 g/mol. The smallest absolute Gasteiger partial charge is 0.247 e. The molecule has 0 bridgehead atoms. The molecule has 2 N–H and O–H groups in total. The van der Waals surface area contributed by atoms with Crippen LogP contribution in [0.5, 0.6) is 0 Å². The summed E-state index contributed by atoms with van der Waals surface area (Å²) >= 11 is 0. The molecule has 0 fully saturated rings. The van der Waals surface area contributed by atoms with E-state index in [4.69, 9.17) is 0 Å². The van der Waals surface area contributed by atoms with Crippen molar-refractivity contribution in [2.24, 2.45) is 7.05 Å². The number of benzene rings is 1. The zero-order valence-electron chi connectivity index (χ0n) is 19.4. The number of carbonyl (C=O) groups is 1. The third-order valence-corrected chi connectivity index (χ3v) is 5.65. The standard InChI is InChI=1S/C26H27FN6O/c1-17-4-6-19(7-5-17)18(2)11-30-25(21-10-23(27)15-28-12-21)26(34)32-24-9-8-20(13-29-24)22-14-31-33(3)16-22/h4-10,12-16,18,25,30H,11H2,1-3H3,(H,29,32,34)/t18-,25-/m1/s1. The summed E-state index contributed by atoms with van der Waals surface area (Å²) < 4.78 is 15.6. The number of hydrogen-bond donors (Lipinski definition) is 2. The van der Waals surface area contributed by atoms with Crippen LogP contribution in [0.4, 0.5) is 10.2 Å². The van der Waals surface area contributed by atoms with Crippen LogP contribution < -0.4 is 10.6 Å². The zero-order chi connectivity index (χ0) is 24.1. The van der Waals surface area contributed by atoms with Gasteiger partial charge >= 0.3 is 0 Å². The molecule has 0 radical (unpaired) electrons. The maximum atomic E-state index is 13.9. The molecule has 1 aromatic carbocycles. The Bertz CT molecular complexity index is 1250. The summed E-state index contributed by atoms with van der Waals surface area (Å²) in [6, 6.07) is 12.4. The van der Waals surface area contributed by atoms with Gasteiger partial charge in [0.15, 0.2) is 0 Å². The van der Waals surface area contributed by atoms with E-state index in [1.165, 1.54) is 17.8 Å². The minimum absolute atomic E-state index is 0.148. The van der Waals surface area contributed by atoms with Crippen molar-refractivity contribution >= 4 is 11.7 Å². The molecule has 0 saturated carbocycles. The number of nitrogens with zero attached hydrogens (tertiary/aromatic N) is 4. The number of aryl methyl sites for hydroxylation is 2. The molecule has 8 heteroatoms. The predicted octanol–water partition coefficient (Wildman–Crippen LogP) is 4.40. The third-order valence-electron chi connectivity index (χ3n) is 5.65. The fraction of sp³-hybridized carbons (Fsp3) is 0.231. The summed E-state index contributed by atoms with van der Waals surface area (Å²) in [7, 11) is 1.85. The molecule has 7 nitrogen and oxygen atoms in total. The molecule has 0 aliphatic heterocycles. The van der Waals surface area contributed by atoms with Gasteiger partial charge in [-0.1, -0.05) is 36.8 Å². The Hall–Kier alpha value is -3.91. The number of carbonyl (C=O) groups excluding carboxylic acids is 1. The highest BCUT2D eigenvalue weighted by molar-refractivity contribution is 5.94. The van der Waals surface area contributed by atoms with Crippen LogP contribution in [0.25, 0.3) is 11.1 Å². The lowest BCUT2D eigenvalue weighted by Crippen LogP contribution is -2.35. The average molecular weight is 459 g/mol. The van der Waals surface area contributed by atoms with Crippen LogP contribution in [0.15, 0.2) is 73.4 Å². The highest BCUT2D eigenvalue weighted by Gasteiger charge is 2.23. The van der Waals surface area contributed by atoms with Crippen LogP contribution in [-0.4, -0.2) is 32.2 Å². The Morgan fingerprint density at radius 3 is 2.47 bits per heavy atom. The van der Waals surface area contributed by atoms with E-state index in [9.17, 15) is 9.18 Å². The molecule has 174 valence electrons. The van der Waals surface area contributed by atoms with Crippen molar-refractivity contribution in [2.45, 2.75) is 25.8 Å². The first-order valence-corrected chi connectivity index (χ1v) is 11.1. The second-order valence-electron chi connectivity index (χ2n) is 8.41. The summed E-state index contributed by atoms with van der Waals surface area (Å²) in [4.78, 5) is 21.5. The maximum absolute atomic E-state index is 13.9. The first kappa shape index (κ1) is 23.3. The molecule has 1 amide bonds. The van der Waals surface area contributed by atoms with E-state index < -0.39 is 11.9 Å². The fourth-order valence-electron chi connectivity index (χ4n) is 3.66. The second-order valence-corrected chi connectivity index (χ2v) is 8.41. The van der Waals surface area contributed by atoms with Crippen molar-refractivity contribution in [1.29, 1.82) is 0 Å². The van der Waals surface area contributed by atoms with Crippen molar-refractivity contribution in [3.05, 3.63) is 96.0 Å². The van der Waals surface area contributed by atoms with Gasteiger partial charge in [0, 0.05) is 43.3 Å². The van der Waals surface area contributed by atoms with Gasteiger partial charge in [0.1, 0.15) is 17.7 Å². The van der Waals surface area contributed by atoms with Crippen LogP contribution in [0, 0.1) is 12.7 Å². The highest BCUT2D eigenvalue weighted by atomic mass is 19.1. The Balaban J connectivity index is 1.49. The number of aromatic nitrogens is 4. The second kappa shape index (κ2) is 10.4. The molecule has 0 saturated heterocycles. The minimum Gasteiger partial charge on any atom is -0.309 e. The third kappa shape index (κ3) is 5.71. The summed E-state index contributed by atoms with van der Waals surface area (Å²) in [5.41, 5.74) is 4.61. The Kier molecular flexibility index (Phi) is 7.08. The van der Waals surface area contributed by atoms with Gasteiger partial charge in [-0.3, -0.25) is 14.5 Å². The Morgan fingerprint density at radius 1 is 1.03 bits per heavy atom. The summed E-state index contributed by atoms with van der Waals surface area (Å²) in [6.45, 7) is 4.64. The van der Waals surface area contributed by atoms with Crippen molar-refractivity contribution in [2.75, 3.05) is 11.9 Å². The van der Waals surface area contributed by atoms with Crippen molar-refractivity contribution in [1.82, 2.24) is 25.1 Å². The van der Waals surface area contributed by atoms with Crippen molar-refractivity contribution in [3.63, 3.8) is 0 Å². The number of rotatable bonds is 8. The van der Waals surface area contributed by atoms with Crippen LogP contribution in [0.1, 0.15) is 35.6 Å². The van der Waals surface area contributed by atoms with Gasteiger partial charge < -0.3 is 10.6 Å². The maximum Gasteiger partial charge on any atom is 0.247 e. The number of hydrogen-bond acceptors (Lipinski definition) is 5. The summed E-state index contributed by atoms with van der Waals surface area (Å²) in [5, 5.41) is 10.3. The molecular formula is C26H27FN6O. The number of pyridine rings is 2. The normalized spacial score (nSPS) is 12.8. The lowest BCUT2D eigenvalue weighted by molar-refractivity contribution is -0.118. The van der Waals surface area contributed by atoms with E-state index in [0.717, 1.165) is 22.9 Å². The predicted molar refractivity (Wildman–Crippen MR) is 130 cm³/mol. The zero-order valence-corrected chi connectivity index (χ0v) is 19.4. The molecule has 3 aromatic heterocycles. The number of halogens is 1. The van der Waals surface area contributed by atoms with Gasteiger partial charge in [-0.15, -0.1) is 0 Å². The highest BCUT2D eigenvalue weighted by Crippen LogP contribution is 2.21. The number of anilines is 1. The van der Waals surface area contributed by atoms with Gasteiger partial charge in [-0.05, 0) is 42.2 Å². The van der Waals surface area contributed by atoms with Crippen LogP contribution in [-0.2, 0) is 11.8 Å². The summed E-state index contributed by atoms with van der Waals surface area (Å²) in [6.07, 6.45) is 7.93. The van der Waals surface area contributed by atoms with E-state index in [1.54, 1.807) is 23.1 Å². The topological polar surface area (TPSA) is 84.7 Å². The molecule has 0 aliphatic carbocycles. The van der Waals surface area contributed by atoms with Crippen molar-refractivity contribution < 1.29 is 9.18 Å². The minimum atomic E-state index is -0.795. The van der Waals surface area contributed by atoms with Crippen molar-refractivity contribution in [3.8, 4) is 11.1 Å². The van der Waals surface area contributed by atoms with Crippen LogP contribution in [0.2, 0.25) is 0 Å². The molecule has 34 heavy (non-hydrogen) atoms. The van der Waals surface area contributed by atoms with Gasteiger partial charge in [-0.2, -0.15) is 5.10 Å². The van der Waals surface area contributed by atoms with E-state index in [2.05, 4.69) is 56.9 Å². The lowest BCUT2D eigenvalue weighted by Gasteiger charge is -2.21. The Morgan fingerprint density at radius 2 is 1.82 bits per heavy atom. The van der Waals surface area contributed by atoms with Crippen LogP contribution in [0.3, 0.4) is 0 Å². The molecule has 4 rings (SSSR count). The monoisotopic (exact) mass is 458 g/mol. The van der Waals surface area contributed by atoms with Gasteiger partial charge in [-0.25, -0.2) is 9.37 Å². The molecule has 2 atom stereocenters. The molecule has 0 aliphatic rings. The van der Waals surface area contributed by atoms with E-state index >= 15 is 0 Å². The largest absolute Gasteiger partial charge is 0.309 e. The molecule has 0 spiro atoms. The molecule has 3 heterocycles. The van der Waals surface area contributed by atoms with Gasteiger partial charge in [0.05, 0.1) is 12.4 Å². The Labute approximate surface area is 198 Å². The number of amides is 1. The van der Waals surface area contributed by atoms with Gasteiger partial charge in [0.25, 0.3) is 0 Å². The first-order chi connectivity index (χ1) is 16.4. The summed E-state index contributed by atoms with van der Waals surface area (Å²) in [5.74, 6) is -0.289. The fourth-order valence-corrected chi connectivity index (χ4v) is 3.66. The number of nitrogens with one attached hydrogen (secondary N) is 2. The molecule has 0 unspecified atom stereocenters. The average Bonchev–Trinajstić information content (AvgIpc) is 3.26. The van der Waals surface area contributed by atoms with Gasteiger partial charge in [0.2, 0.25) is 5.91 Å². The van der Waals surface area contributed by atoms with E-state index in [0.29, 0.717) is 17.9 Å². The SMILES string of the molecule is Cc1ccc([C@H](C)CN[C@@H](C(=O)Nc2ccc(-c3cnn(C)c3)cn2)c2cncc(F)c2)cc1. The first-order valence-electron chi connectivity index (χ1n) is 11.1.